The molecule has 5 rings (SSSR count). The van der Waals surface area contributed by atoms with Crippen LogP contribution in [0.1, 0.15) is 45.0 Å². The molecule has 7 nitrogen and oxygen atoms in total. The van der Waals surface area contributed by atoms with Crippen LogP contribution in [0.15, 0.2) is 58.4 Å². The lowest BCUT2D eigenvalue weighted by atomic mass is 9.97. The standard InChI is InChI=1S/C25H22N4O3S/c1-15-27-24-22(20-7-2-3-8-21(20)33-24)25(32)29(15)18-11-9-17(10-12-18)23(31)28-26-14-16-5-4-6-19(30)13-16/h4-6,9-14,30H,2-3,7-8H2,1H3,(H,28,31)/b26-14-. The number of nitrogens with zero attached hydrogens (tertiary/aromatic N) is 3. The van der Waals surface area contributed by atoms with Crippen molar-refractivity contribution in [2.45, 2.75) is 32.6 Å². The number of aryl methyl sites for hydroxylation is 3. The van der Waals surface area contributed by atoms with Crippen molar-refractivity contribution in [1.29, 1.82) is 0 Å². The maximum Gasteiger partial charge on any atom is 0.271 e. The average molecular weight is 459 g/mol. The molecule has 1 aliphatic carbocycles. The second-order valence-corrected chi connectivity index (χ2v) is 9.12. The maximum absolute atomic E-state index is 13.4. The van der Waals surface area contributed by atoms with E-state index >= 15 is 0 Å². The predicted molar refractivity (Wildman–Crippen MR) is 130 cm³/mol. The Morgan fingerprint density at radius 1 is 1.18 bits per heavy atom. The zero-order valence-electron chi connectivity index (χ0n) is 18.0. The first-order valence-corrected chi connectivity index (χ1v) is 11.6. The molecule has 0 radical (unpaired) electrons. The van der Waals surface area contributed by atoms with Gasteiger partial charge in [0.1, 0.15) is 16.4 Å². The molecule has 0 saturated carbocycles. The number of nitrogens with one attached hydrogen (secondary N) is 1. The number of phenols is 1. The van der Waals surface area contributed by atoms with Crippen LogP contribution in [-0.4, -0.2) is 26.8 Å². The number of aromatic nitrogens is 2. The van der Waals surface area contributed by atoms with E-state index < -0.39 is 0 Å². The highest BCUT2D eigenvalue weighted by atomic mass is 32.1. The number of fused-ring (bicyclic) bond motifs is 3. The van der Waals surface area contributed by atoms with Crippen molar-refractivity contribution in [2.75, 3.05) is 0 Å². The summed E-state index contributed by atoms with van der Waals surface area (Å²) < 4.78 is 1.62. The smallest absolute Gasteiger partial charge is 0.271 e. The average Bonchev–Trinajstić information content (AvgIpc) is 3.18. The van der Waals surface area contributed by atoms with E-state index in [9.17, 15) is 14.7 Å². The van der Waals surface area contributed by atoms with Gasteiger partial charge in [-0.3, -0.25) is 14.2 Å². The van der Waals surface area contributed by atoms with Crippen LogP contribution >= 0.6 is 11.3 Å². The van der Waals surface area contributed by atoms with E-state index in [1.807, 2.05) is 6.92 Å². The summed E-state index contributed by atoms with van der Waals surface area (Å²) in [6.45, 7) is 1.83. The first kappa shape index (κ1) is 21.1. The molecule has 0 aliphatic heterocycles. The Hall–Kier alpha value is -3.78. The number of aromatic hydroxyl groups is 1. The Labute approximate surface area is 194 Å². The molecule has 2 aromatic carbocycles. The predicted octanol–water partition coefficient (Wildman–Crippen LogP) is 4.10. The highest BCUT2D eigenvalue weighted by molar-refractivity contribution is 7.18. The molecule has 33 heavy (non-hydrogen) atoms. The van der Waals surface area contributed by atoms with Gasteiger partial charge in [0.25, 0.3) is 11.5 Å². The SMILES string of the molecule is Cc1nc2sc3c(c2c(=O)n1-c1ccc(C(=O)N/N=C\c2cccc(O)c2)cc1)CCCC3. The lowest BCUT2D eigenvalue weighted by Gasteiger charge is -2.12. The van der Waals surface area contributed by atoms with Crippen LogP contribution in [0.2, 0.25) is 0 Å². The van der Waals surface area contributed by atoms with Gasteiger partial charge >= 0.3 is 0 Å². The fourth-order valence-corrected chi connectivity index (χ4v) is 5.50. The Morgan fingerprint density at radius 2 is 1.97 bits per heavy atom. The molecule has 0 bridgehead atoms. The quantitative estimate of drug-likeness (QED) is 0.355. The van der Waals surface area contributed by atoms with Crippen molar-refractivity contribution in [3.05, 3.63) is 86.3 Å². The van der Waals surface area contributed by atoms with Crippen molar-refractivity contribution >= 4 is 33.7 Å². The van der Waals surface area contributed by atoms with E-state index in [-0.39, 0.29) is 17.2 Å². The van der Waals surface area contributed by atoms with E-state index in [4.69, 9.17) is 4.98 Å². The topological polar surface area (TPSA) is 96.6 Å². The number of amides is 1. The van der Waals surface area contributed by atoms with Crippen LogP contribution in [0.3, 0.4) is 0 Å². The van der Waals surface area contributed by atoms with Crippen LogP contribution in [0.4, 0.5) is 0 Å². The molecule has 0 unspecified atom stereocenters. The van der Waals surface area contributed by atoms with Gasteiger partial charge < -0.3 is 5.11 Å². The fourth-order valence-electron chi connectivity index (χ4n) is 4.21. The lowest BCUT2D eigenvalue weighted by molar-refractivity contribution is 0.0955. The van der Waals surface area contributed by atoms with Crippen LogP contribution in [-0.2, 0) is 12.8 Å². The van der Waals surface area contributed by atoms with Crippen molar-refractivity contribution in [2.24, 2.45) is 5.10 Å². The second kappa shape index (κ2) is 8.63. The first-order valence-electron chi connectivity index (χ1n) is 10.8. The normalized spacial score (nSPS) is 13.4. The summed E-state index contributed by atoms with van der Waals surface area (Å²) >= 11 is 1.64. The third kappa shape index (κ3) is 4.05. The number of hydrazone groups is 1. The van der Waals surface area contributed by atoms with Crippen molar-refractivity contribution in [3.8, 4) is 11.4 Å². The highest BCUT2D eigenvalue weighted by Crippen LogP contribution is 2.34. The van der Waals surface area contributed by atoms with Crippen molar-refractivity contribution < 1.29 is 9.90 Å². The van der Waals surface area contributed by atoms with Crippen LogP contribution in [0.5, 0.6) is 5.75 Å². The van der Waals surface area contributed by atoms with Gasteiger partial charge in [0, 0.05) is 10.4 Å². The van der Waals surface area contributed by atoms with Crippen molar-refractivity contribution in [1.82, 2.24) is 15.0 Å². The minimum absolute atomic E-state index is 0.0511. The van der Waals surface area contributed by atoms with E-state index in [2.05, 4.69) is 10.5 Å². The number of phenolic OH excluding ortho intramolecular Hbond substituents is 1. The molecule has 1 amide bonds. The van der Waals surface area contributed by atoms with Gasteiger partial charge in [-0.1, -0.05) is 12.1 Å². The van der Waals surface area contributed by atoms with Crippen LogP contribution in [0, 0.1) is 6.92 Å². The highest BCUT2D eigenvalue weighted by Gasteiger charge is 2.21. The van der Waals surface area contributed by atoms with Crippen LogP contribution in [0.25, 0.3) is 15.9 Å². The Kier molecular flexibility index (Phi) is 5.51. The van der Waals surface area contributed by atoms with E-state index in [1.54, 1.807) is 64.4 Å². The van der Waals surface area contributed by atoms with E-state index in [1.165, 1.54) is 11.1 Å². The van der Waals surface area contributed by atoms with Gasteiger partial charge in [0.05, 0.1) is 17.3 Å². The number of carbonyl (C=O) groups is 1. The summed E-state index contributed by atoms with van der Waals surface area (Å²) in [5.41, 5.74) is 5.33. The molecule has 0 spiro atoms. The van der Waals surface area contributed by atoms with Gasteiger partial charge in [-0.2, -0.15) is 5.10 Å². The summed E-state index contributed by atoms with van der Waals surface area (Å²) in [5, 5.41) is 14.2. The molecule has 8 heteroatoms. The monoisotopic (exact) mass is 458 g/mol. The molecule has 4 aromatic rings. The molecule has 2 N–H and O–H groups in total. The molecule has 0 fully saturated rings. The van der Waals surface area contributed by atoms with Gasteiger partial charge in [0.15, 0.2) is 0 Å². The second-order valence-electron chi connectivity index (χ2n) is 8.03. The Balaban J connectivity index is 1.40. The number of benzene rings is 2. The zero-order valence-corrected chi connectivity index (χ0v) is 18.9. The molecule has 0 saturated heterocycles. The summed E-state index contributed by atoms with van der Waals surface area (Å²) in [4.78, 5) is 32.7. The van der Waals surface area contributed by atoms with Crippen LogP contribution < -0.4 is 11.0 Å². The molecule has 166 valence electrons. The van der Waals surface area contributed by atoms with Gasteiger partial charge in [0.2, 0.25) is 0 Å². The molecular weight excluding hydrogens is 436 g/mol. The summed E-state index contributed by atoms with van der Waals surface area (Å²) in [5.74, 6) is 0.378. The van der Waals surface area contributed by atoms with Gasteiger partial charge in [-0.25, -0.2) is 10.4 Å². The summed E-state index contributed by atoms with van der Waals surface area (Å²) in [6.07, 6.45) is 5.67. The molecule has 2 heterocycles. The number of thiophene rings is 1. The van der Waals surface area contributed by atoms with Crippen molar-refractivity contribution in [3.63, 3.8) is 0 Å². The molecule has 2 aromatic heterocycles. The molecule has 0 atom stereocenters. The minimum Gasteiger partial charge on any atom is -0.508 e. The third-order valence-electron chi connectivity index (χ3n) is 5.79. The van der Waals surface area contributed by atoms with E-state index in [0.29, 0.717) is 22.6 Å². The Morgan fingerprint density at radius 3 is 2.76 bits per heavy atom. The summed E-state index contributed by atoms with van der Waals surface area (Å²) in [6, 6.07) is 13.4. The fraction of sp³-hybridized carbons (Fsp3) is 0.200. The summed E-state index contributed by atoms with van der Waals surface area (Å²) in [7, 11) is 0. The largest absolute Gasteiger partial charge is 0.508 e. The van der Waals surface area contributed by atoms with Gasteiger partial charge in [-0.15, -0.1) is 11.3 Å². The van der Waals surface area contributed by atoms with Gasteiger partial charge in [-0.05, 0) is 80.1 Å². The number of carbonyl (C=O) groups excluding carboxylic acids is 1. The molecular formula is C25H22N4O3S. The third-order valence-corrected chi connectivity index (χ3v) is 6.98. The lowest BCUT2D eigenvalue weighted by Crippen LogP contribution is -2.23. The number of rotatable bonds is 4. The number of hydrogen-bond acceptors (Lipinski definition) is 6. The zero-order chi connectivity index (χ0) is 22.9. The minimum atomic E-state index is -0.373. The Bertz CT molecular complexity index is 1450. The first-order chi connectivity index (χ1) is 16.0. The van der Waals surface area contributed by atoms with E-state index in [0.717, 1.165) is 41.5 Å². The maximum atomic E-state index is 13.4. The molecule has 1 aliphatic rings. The number of hydrogen-bond donors (Lipinski definition) is 2.